The fraction of sp³-hybridized carbons (Fsp3) is 0.438. The number of thioether (sulfide) groups is 1. The van der Waals surface area contributed by atoms with Crippen molar-refractivity contribution in [3.63, 3.8) is 0 Å². The molecular weight excluding hydrogens is 284 g/mol. The molecule has 0 spiro atoms. The summed E-state index contributed by atoms with van der Waals surface area (Å²) in [5.74, 6) is 3.27. The zero-order valence-electron chi connectivity index (χ0n) is 11.4. The Labute approximate surface area is 128 Å². The zero-order chi connectivity index (χ0) is 13.4. The second-order valence-electron chi connectivity index (χ2n) is 5.48. The van der Waals surface area contributed by atoms with E-state index in [2.05, 4.69) is 45.9 Å². The van der Waals surface area contributed by atoms with Gasteiger partial charge in [-0.1, -0.05) is 12.1 Å². The van der Waals surface area contributed by atoms with Crippen LogP contribution in [0.5, 0.6) is 0 Å². The van der Waals surface area contributed by atoms with E-state index in [1.54, 1.807) is 0 Å². The maximum Gasteiger partial charge on any atom is 0.0962 e. The van der Waals surface area contributed by atoms with Crippen molar-refractivity contribution in [3.05, 3.63) is 35.5 Å². The molecule has 4 rings (SSSR count). The fourth-order valence-electron chi connectivity index (χ4n) is 2.60. The first kappa shape index (κ1) is 12.7. The van der Waals surface area contributed by atoms with Gasteiger partial charge in [0.05, 0.1) is 9.88 Å². The third kappa shape index (κ3) is 2.59. The van der Waals surface area contributed by atoms with E-state index in [0.717, 1.165) is 5.92 Å². The van der Waals surface area contributed by atoms with Gasteiger partial charge in [0.2, 0.25) is 0 Å². The Bertz CT molecular complexity index is 581. The van der Waals surface area contributed by atoms with Crippen LogP contribution in [0, 0.1) is 0 Å². The van der Waals surface area contributed by atoms with Crippen LogP contribution in [0.25, 0.3) is 10.4 Å². The van der Waals surface area contributed by atoms with Crippen LogP contribution in [0.4, 0.5) is 5.69 Å². The number of hydrogen-bond acceptors (Lipinski definition) is 4. The van der Waals surface area contributed by atoms with Crippen molar-refractivity contribution in [2.24, 2.45) is 0 Å². The highest BCUT2D eigenvalue weighted by molar-refractivity contribution is 7.99. The van der Waals surface area contributed by atoms with Crippen LogP contribution in [0.1, 0.15) is 23.8 Å². The van der Waals surface area contributed by atoms with Crippen molar-refractivity contribution in [1.29, 1.82) is 0 Å². The minimum absolute atomic E-state index is 0.763. The van der Waals surface area contributed by atoms with Crippen LogP contribution in [-0.2, 0) is 0 Å². The quantitative estimate of drug-likeness (QED) is 0.843. The summed E-state index contributed by atoms with van der Waals surface area (Å²) in [5.41, 5.74) is 2.67. The molecule has 0 N–H and O–H groups in total. The van der Waals surface area contributed by atoms with Crippen molar-refractivity contribution in [2.75, 3.05) is 29.5 Å². The first-order chi connectivity index (χ1) is 9.90. The Kier molecular flexibility index (Phi) is 3.44. The van der Waals surface area contributed by atoms with Gasteiger partial charge in [-0.15, -0.1) is 11.3 Å². The van der Waals surface area contributed by atoms with Crippen LogP contribution in [0.2, 0.25) is 0 Å². The van der Waals surface area contributed by atoms with Gasteiger partial charge >= 0.3 is 0 Å². The highest BCUT2D eigenvalue weighted by Gasteiger charge is 2.26. The average molecular weight is 302 g/mol. The van der Waals surface area contributed by atoms with Gasteiger partial charge in [-0.25, -0.2) is 4.98 Å². The Balaban J connectivity index is 1.53. The van der Waals surface area contributed by atoms with Gasteiger partial charge in [0.15, 0.2) is 0 Å². The van der Waals surface area contributed by atoms with Gasteiger partial charge in [-0.05, 0) is 30.5 Å². The number of anilines is 1. The Morgan fingerprint density at radius 3 is 2.50 bits per heavy atom. The lowest BCUT2D eigenvalue weighted by atomic mass is 10.2. The van der Waals surface area contributed by atoms with E-state index in [9.17, 15) is 0 Å². The second kappa shape index (κ2) is 5.41. The lowest BCUT2D eigenvalue weighted by Crippen LogP contribution is -2.32. The smallest absolute Gasteiger partial charge is 0.0962 e. The highest BCUT2D eigenvalue weighted by Crippen LogP contribution is 2.43. The van der Waals surface area contributed by atoms with Gasteiger partial charge in [-0.2, -0.15) is 11.8 Å². The number of aromatic nitrogens is 1. The van der Waals surface area contributed by atoms with Crippen LogP contribution in [0.3, 0.4) is 0 Å². The summed E-state index contributed by atoms with van der Waals surface area (Å²) in [5, 5.41) is 1.33. The summed E-state index contributed by atoms with van der Waals surface area (Å²) in [6.07, 6.45) is 4.71. The molecule has 2 aromatic rings. The predicted octanol–water partition coefficient (Wildman–Crippen LogP) is 4.24. The molecule has 1 aliphatic heterocycles. The van der Waals surface area contributed by atoms with Crippen LogP contribution < -0.4 is 4.90 Å². The van der Waals surface area contributed by atoms with Crippen molar-refractivity contribution < 1.29 is 0 Å². The summed E-state index contributed by atoms with van der Waals surface area (Å²) >= 11 is 3.93. The predicted molar refractivity (Wildman–Crippen MR) is 89.1 cm³/mol. The Morgan fingerprint density at radius 2 is 1.80 bits per heavy atom. The molecule has 2 heterocycles. The molecule has 2 aliphatic rings. The minimum atomic E-state index is 0.763. The molecule has 1 saturated carbocycles. The molecule has 0 unspecified atom stereocenters. The van der Waals surface area contributed by atoms with Crippen molar-refractivity contribution in [3.8, 4) is 10.4 Å². The van der Waals surface area contributed by atoms with Gasteiger partial charge in [0.25, 0.3) is 0 Å². The molecule has 104 valence electrons. The first-order valence-corrected chi connectivity index (χ1v) is 9.26. The summed E-state index contributed by atoms with van der Waals surface area (Å²) < 4.78 is 0. The topological polar surface area (TPSA) is 16.1 Å². The van der Waals surface area contributed by atoms with Crippen LogP contribution in [-0.4, -0.2) is 29.6 Å². The number of thiazole rings is 1. The van der Waals surface area contributed by atoms with Gasteiger partial charge in [0.1, 0.15) is 0 Å². The molecule has 1 aromatic carbocycles. The molecule has 0 amide bonds. The van der Waals surface area contributed by atoms with Crippen molar-refractivity contribution in [2.45, 2.75) is 18.8 Å². The van der Waals surface area contributed by atoms with Crippen LogP contribution >= 0.6 is 23.1 Å². The lowest BCUT2D eigenvalue weighted by Gasteiger charge is -2.28. The molecule has 0 atom stereocenters. The standard InChI is InChI=1S/C16H18N2S2/c1-2-13(1)16-17-11-15(20-16)12-3-5-14(6-4-12)18-7-9-19-10-8-18/h3-6,11,13H,1-2,7-10H2. The van der Waals surface area contributed by atoms with Gasteiger partial charge in [-0.3, -0.25) is 0 Å². The highest BCUT2D eigenvalue weighted by atomic mass is 32.2. The zero-order valence-corrected chi connectivity index (χ0v) is 13.1. The lowest BCUT2D eigenvalue weighted by molar-refractivity contribution is 0.859. The molecule has 20 heavy (non-hydrogen) atoms. The SMILES string of the molecule is c1cc(N2CCSCC2)ccc1-c1cnc(C2CC2)s1. The normalized spacial score (nSPS) is 19.3. The molecule has 2 nitrogen and oxygen atoms in total. The maximum atomic E-state index is 4.57. The summed E-state index contributed by atoms with van der Waals surface area (Å²) in [7, 11) is 0. The number of rotatable bonds is 3. The molecule has 0 radical (unpaired) electrons. The molecule has 2 fully saturated rings. The largest absolute Gasteiger partial charge is 0.370 e. The van der Waals surface area contributed by atoms with E-state index < -0.39 is 0 Å². The van der Waals surface area contributed by atoms with E-state index >= 15 is 0 Å². The monoisotopic (exact) mass is 302 g/mol. The molecule has 1 aliphatic carbocycles. The molecule has 1 saturated heterocycles. The number of hydrogen-bond donors (Lipinski definition) is 0. The Hall–Kier alpha value is -1.00. The van der Waals surface area contributed by atoms with Gasteiger partial charge < -0.3 is 4.90 Å². The van der Waals surface area contributed by atoms with E-state index in [4.69, 9.17) is 0 Å². The number of nitrogens with zero attached hydrogens (tertiary/aromatic N) is 2. The minimum Gasteiger partial charge on any atom is -0.370 e. The average Bonchev–Trinajstić information content (AvgIpc) is 3.26. The summed E-state index contributed by atoms with van der Waals surface area (Å²) in [4.78, 5) is 8.37. The molecule has 4 heteroatoms. The molecular formula is C16H18N2S2. The first-order valence-electron chi connectivity index (χ1n) is 7.29. The van der Waals surface area contributed by atoms with E-state index in [1.807, 2.05) is 17.5 Å². The second-order valence-corrected chi connectivity index (χ2v) is 7.77. The summed E-state index contributed by atoms with van der Waals surface area (Å²) in [6.45, 7) is 2.35. The van der Waals surface area contributed by atoms with Gasteiger partial charge in [0, 0.05) is 42.4 Å². The van der Waals surface area contributed by atoms with Crippen LogP contribution in [0.15, 0.2) is 30.5 Å². The molecule has 0 bridgehead atoms. The van der Waals surface area contributed by atoms with E-state index in [1.165, 1.54) is 58.6 Å². The van der Waals surface area contributed by atoms with E-state index in [-0.39, 0.29) is 0 Å². The maximum absolute atomic E-state index is 4.57. The third-order valence-electron chi connectivity index (χ3n) is 3.98. The number of benzene rings is 1. The fourth-order valence-corrected chi connectivity index (χ4v) is 4.59. The van der Waals surface area contributed by atoms with E-state index in [0.29, 0.717) is 0 Å². The molecule has 1 aromatic heterocycles. The summed E-state index contributed by atoms with van der Waals surface area (Å²) in [6, 6.07) is 9.03. The Morgan fingerprint density at radius 1 is 1.05 bits per heavy atom. The van der Waals surface area contributed by atoms with Crippen molar-refractivity contribution in [1.82, 2.24) is 4.98 Å². The third-order valence-corrected chi connectivity index (χ3v) is 6.13. The van der Waals surface area contributed by atoms with Crippen molar-refractivity contribution >= 4 is 28.8 Å².